The van der Waals surface area contributed by atoms with E-state index in [1.54, 1.807) is 0 Å². The molecule has 6 heteroatoms. The quantitative estimate of drug-likeness (QED) is 0.192. The van der Waals surface area contributed by atoms with Gasteiger partial charge in [0.05, 0.1) is 22.1 Å². The minimum absolute atomic E-state index is 0.581. The molecular formula is C44H26N6. The number of fused-ring (bicyclic) bond motifs is 9. The van der Waals surface area contributed by atoms with Crippen molar-refractivity contribution in [2.45, 2.75) is 0 Å². The first-order valence-electron chi connectivity index (χ1n) is 16.8. The predicted octanol–water partition coefficient (Wildman–Crippen LogP) is 10.5. The number of aromatic nitrogens is 6. The Bertz CT molecular complexity index is 3050. The van der Waals surface area contributed by atoms with Crippen molar-refractivity contribution < 1.29 is 0 Å². The molecule has 11 aromatic rings. The van der Waals surface area contributed by atoms with Crippen molar-refractivity contribution in [1.29, 1.82) is 0 Å². The lowest BCUT2D eigenvalue weighted by atomic mass is 9.94. The lowest BCUT2D eigenvalue weighted by molar-refractivity contribution is 0.953. The average molecular weight is 639 g/mol. The average Bonchev–Trinajstić information content (AvgIpc) is 3.84. The van der Waals surface area contributed by atoms with Gasteiger partial charge in [0, 0.05) is 49.6 Å². The number of pyridine rings is 1. The summed E-state index contributed by atoms with van der Waals surface area (Å²) in [7, 11) is 0. The summed E-state index contributed by atoms with van der Waals surface area (Å²) < 4.78 is 4.48. The van der Waals surface area contributed by atoms with E-state index in [1.165, 1.54) is 21.7 Å². The van der Waals surface area contributed by atoms with Crippen LogP contribution in [-0.4, -0.2) is 28.9 Å². The number of hydrogen-bond donors (Lipinski definition) is 0. The van der Waals surface area contributed by atoms with E-state index in [1.807, 2.05) is 30.5 Å². The lowest BCUT2D eigenvalue weighted by Gasteiger charge is -2.14. The van der Waals surface area contributed by atoms with Crippen LogP contribution in [0.3, 0.4) is 0 Å². The Kier molecular flexibility index (Phi) is 5.57. The highest BCUT2D eigenvalue weighted by atomic mass is 15.2. The molecule has 232 valence electrons. The maximum absolute atomic E-state index is 5.29. The van der Waals surface area contributed by atoms with E-state index >= 15 is 0 Å². The van der Waals surface area contributed by atoms with Crippen LogP contribution in [-0.2, 0) is 0 Å². The van der Waals surface area contributed by atoms with E-state index in [0.29, 0.717) is 17.6 Å². The third kappa shape index (κ3) is 3.73. The molecule has 6 nitrogen and oxygen atoms in total. The molecule has 0 N–H and O–H groups in total. The molecule has 0 fully saturated rings. The fourth-order valence-corrected chi connectivity index (χ4v) is 7.92. The van der Waals surface area contributed by atoms with Gasteiger partial charge < -0.3 is 0 Å². The summed E-state index contributed by atoms with van der Waals surface area (Å²) in [5, 5.41) is 7.08. The van der Waals surface area contributed by atoms with E-state index in [-0.39, 0.29) is 0 Å². The summed E-state index contributed by atoms with van der Waals surface area (Å²) in [6.45, 7) is 0. The van der Waals surface area contributed by atoms with Crippen LogP contribution in [0.4, 0.5) is 0 Å². The molecule has 0 aliphatic carbocycles. The van der Waals surface area contributed by atoms with E-state index in [0.717, 1.165) is 60.6 Å². The molecule has 50 heavy (non-hydrogen) atoms. The standard InChI is InChI=1S/C44H26N6/c1-2-13-27(14-3-1)41-46-42(48-44(47-41)49-36-23-8-6-16-29(36)30-17-7-9-24-37(30)49)33-18-5-4-15-28(33)31-19-11-25-38-39(31)35-21-10-20-32-34-22-12-26-45-43(34)50(38)40(32)35/h1-26H. The molecule has 0 bridgehead atoms. The van der Waals surface area contributed by atoms with Gasteiger partial charge in [-0.3, -0.25) is 8.97 Å². The van der Waals surface area contributed by atoms with Crippen molar-refractivity contribution in [2.75, 3.05) is 0 Å². The van der Waals surface area contributed by atoms with Gasteiger partial charge in [-0.1, -0.05) is 121 Å². The van der Waals surface area contributed by atoms with Crippen LogP contribution in [0.1, 0.15) is 0 Å². The predicted molar refractivity (Wildman–Crippen MR) is 203 cm³/mol. The van der Waals surface area contributed by atoms with Crippen molar-refractivity contribution in [3.8, 4) is 39.9 Å². The number of hydrogen-bond acceptors (Lipinski definition) is 4. The topological polar surface area (TPSA) is 60.9 Å². The molecule has 0 radical (unpaired) electrons. The maximum Gasteiger partial charge on any atom is 0.238 e. The third-order valence-corrected chi connectivity index (χ3v) is 9.99. The molecule has 0 aliphatic heterocycles. The van der Waals surface area contributed by atoms with E-state index < -0.39 is 0 Å². The zero-order valence-corrected chi connectivity index (χ0v) is 26.7. The molecule has 0 saturated heterocycles. The smallest absolute Gasteiger partial charge is 0.238 e. The van der Waals surface area contributed by atoms with Gasteiger partial charge in [0.1, 0.15) is 5.65 Å². The van der Waals surface area contributed by atoms with Crippen LogP contribution in [0.5, 0.6) is 0 Å². The second kappa shape index (κ2) is 10.3. The highest BCUT2D eigenvalue weighted by Crippen LogP contribution is 2.44. The molecule has 0 aliphatic rings. The van der Waals surface area contributed by atoms with Crippen LogP contribution in [0.15, 0.2) is 158 Å². The highest BCUT2D eigenvalue weighted by molar-refractivity contribution is 6.25. The Balaban J connectivity index is 1.21. The highest BCUT2D eigenvalue weighted by Gasteiger charge is 2.23. The van der Waals surface area contributed by atoms with Crippen LogP contribution >= 0.6 is 0 Å². The van der Waals surface area contributed by atoms with E-state index in [4.69, 9.17) is 19.9 Å². The largest absolute Gasteiger partial charge is 0.293 e. The second-order valence-electron chi connectivity index (χ2n) is 12.7. The number of rotatable bonds is 4. The van der Waals surface area contributed by atoms with E-state index in [2.05, 4.69) is 136 Å². The zero-order chi connectivity index (χ0) is 32.8. The summed E-state index contributed by atoms with van der Waals surface area (Å²) in [4.78, 5) is 20.4. The van der Waals surface area contributed by atoms with Crippen LogP contribution in [0, 0.1) is 0 Å². The first-order chi connectivity index (χ1) is 24.8. The van der Waals surface area contributed by atoms with Gasteiger partial charge in [-0.15, -0.1) is 0 Å². The van der Waals surface area contributed by atoms with Gasteiger partial charge in [-0.25, -0.2) is 9.97 Å². The summed E-state index contributed by atoms with van der Waals surface area (Å²) in [5.74, 6) is 1.82. The van der Waals surface area contributed by atoms with Gasteiger partial charge >= 0.3 is 0 Å². The van der Waals surface area contributed by atoms with Crippen molar-refractivity contribution in [3.63, 3.8) is 0 Å². The Labute approximate surface area is 285 Å². The van der Waals surface area contributed by atoms with Gasteiger partial charge in [-0.05, 0) is 41.5 Å². The Hall–Kier alpha value is -6.92. The first-order valence-corrected chi connectivity index (χ1v) is 16.8. The molecule has 11 rings (SSSR count). The van der Waals surface area contributed by atoms with Crippen LogP contribution in [0.25, 0.3) is 99.9 Å². The fourth-order valence-electron chi connectivity index (χ4n) is 7.92. The van der Waals surface area contributed by atoms with Gasteiger partial charge in [0.25, 0.3) is 0 Å². The van der Waals surface area contributed by atoms with Gasteiger partial charge in [0.15, 0.2) is 11.6 Å². The monoisotopic (exact) mass is 638 g/mol. The molecule has 0 amide bonds. The number of nitrogens with zero attached hydrogens (tertiary/aromatic N) is 6. The molecule has 0 atom stereocenters. The Morgan fingerprint density at radius 1 is 0.400 bits per heavy atom. The maximum atomic E-state index is 5.29. The summed E-state index contributed by atoms with van der Waals surface area (Å²) >= 11 is 0. The summed E-state index contributed by atoms with van der Waals surface area (Å²) in [5.41, 5.74) is 9.45. The Morgan fingerprint density at radius 2 is 1.00 bits per heavy atom. The van der Waals surface area contributed by atoms with Crippen molar-refractivity contribution >= 4 is 60.0 Å². The molecule has 6 aromatic carbocycles. The van der Waals surface area contributed by atoms with E-state index in [9.17, 15) is 0 Å². The zero-order valence-electron chi connectivity index (χ0n) is 26.7. The van der Waals surface area contributed by atoms with Crippen molar-refractivity contribution in [2.24, 2.45) is 0 Å². The fraction of sp³-hybridized carbons (Fsp3) is 0. The van der Waals surface area contributed by atoms with Crippen molar-refractivity contribution in [1.82, 2.24) is 28.9 Å². The summed E-state index contributed by atoms with van der Waals surface area (Å²) in [6, 6.07) is 52.8. The minimum Gasteiger partial charge on any atom is -0.293 e. The molecule has 0 saturated carbocycles. The SMILES string of the molecule is c1ccc(-c2nc(-c3ccccc3-c3cccc4c3c3cccc5c6cccnc6n4c53)nc(-n3c4ccccc4c4ccccc43)n2)cc1. The second-order valence-corrected chi connectivity index (χ2v) is 12.7. The first kappa shape index (κ1) is 27.1. The molecule has 5 heterocycles. The van der Waals surface area contributed by atoms with Gasteiger partial charge in [-0.2, -0.15) is 9.97 Å². The molecule has 0 unspecified atom stereocenters. The third-order valence-electron chi connectivity index (χ3n) is 9.99. The molecule has 0 spiro atoms. The van der Waals surface area contributed by atoms with Crippen LogP contribution < -0.4 is 0 Å². The number of para-hydroxylation sites is 3. The number of benzene rings is 6. The lowest BCUT2D eigenvalue weighted by Crippen LogP contribution is -2.06. The van der Waals surface area contributed by atoms with Crippen molar-refractivity contribution in [3.05, 3.63) is 158 Å². The van der Waals surface area contributed by atoms with Gasteiger partial charge in [0.2, 0.25) is 5.95 Å². The van der Waals surface area contributed by atoms with Crippen LogP contribution in [0.2, 0.25) is 0 Å². The molecular weight excluding hydrogens is 613 g/mol. The summed E-state index contributed by atoms with van der Waals surface area (Å²) in [6.07, 6.45) is 1.88. The minimum atomic E-state index is 0.581. The molecule has 5 aromatic heterocycles. The Morgan fingerprint density at radius 3 is 1.82 bits per heavy atom. The normalized spacial score (nSPS) is 12.0.